The second-order valence-electron chi connectivity index (χ2n) is 7.03. The first-order valence-electron chi connectivity index (χ1n) is 7.98. The third-order valence-corrected chi connectivity index (χ3v) is 4.16. The van der Waals surface area contributed by atoms with Crippen molar-refractivity contribution in [1.29, 1.82) is 0 Å². The van der Waals surface area contributed by atoms with E-state index in [0.29, 0.717) is 0 Å². The molecule has 1 aliphatic carbocycles. The fraction of sp³-hybridized carbons (Fsp3) is 1.00. The van der Waals surface area contributed by atoms with Crippen LogP contribution in [0.15, 0.2) is 0 Å². The van der Waals surface area contributed by atoms with Gasteiger partial charge in [0.25, 0.3) is 0 Å². The van der Waals surface area contributed by atoms with Crippen LogP contribution in [-0.2, 0) is 19.6 Å². The van der Waals surface area contributed by atoms with Crippen molar-refractivity contribution in [3.8, 4) is 0 Å². The number of hydrogen-bond donors (Lipinski definition) is 0. The van der Waals surface area contributed by atoms with Crippen LogP contribution in [0.3, 0.4) is 0 Å². The van der Waals surface area contributed by atoms with E-state index in [1.807, 2.05) is 27.7 Å². The second-order valence-corrected chi connectivity index (χ2v) is 7.03. The molecule has 0 aromatic rings. The van der Waals surface area contributed by atoms with Crippen molar-refractivity contribution in [3.63, 3.8) is 0 Å². The summed E-state index contributed by atoms with van der Waals surface area (Å²) in [6.45, 7) is 12.2. The van der Waals surface area contributed by atoms with Gasteiger partial charge in [-0.05, 0) is 53.4 Å². The van der Waals surface area contributed by atoms with Crippen LogP contribution in [-0.4, -0.2) is 17.0 Å². The van der Waals surface area contributed by atoms with E-state index in [4.69, 9.17) is 19.6 Å². The minimum atomic E-state index is -0.753. The van der Waals surface area contributed by atoms with Gasteiger partial charge in [-0.15, -0.1) is 0 Å². The fourth-order valence-electron chi connectivity index (χ4n) is 1.77. The van der Waals surface area contributed by atoms with E-state index in [9.17, 15) is 0 Å². The fourth-order valence-corrected chi connectivity index (χ4v) is 1.77. The average Bonchev–Trinajstić information content (AvgIpc) is 2.45. The normalized spacial score (nSPS) is 20.1. The van der Waals surface area contributed by atoms with Crippen LogP contribution in [0.4, 0.5) is 0 Å². The zero-order valence-corrected chi connectivity index (χ0v) is 14.1. The number of hydrogen-bond acceptors (Lipinski definition) is 4. The zero-order chi connectivity index (χ0) is 15.3. The van der Waals surface area contributed by atoms with Crippen LogP contribution >= 0.6 is 0 Å². The standard InChI is InChI=1S/C16H32O4/c1-7-14(3,4)17-19-16(12-10-9-11-13-16)20-18-15(5,6)8-2/h7-13H2,1-6H3. The van der Waals surface area contributed by atoms with Gasteiger partial charge in [-0.2, -0.15) is 9.78 Å². The maximum absolute atomic E-state index is 5.72. The Morgan fingerprint density at radius 2 is 1.15 bits per heavy atom. The Kier molecular flexibility index (Phi) is 6.45. The monoisotopic (exact) mass is 288 g/mol. The SMILES string of the molecule is CCC(C)(C)OOC1(OOC(C)(C)CC)CCCCC1. The molecule has 0 saturated heterocycles. The maximum atomic E-state index is 5.72. The van der Waals surface area contributed by atoms with Crippen molar-refractivity contribution in [2.45, 2.75) is 103 Å². The van der Waals surface area contributed by atoms with Crippen molar-refractivity contribution in [3.05, 3.63) is 0 Å². The summed E-state index contributed by atoms with van der Waals surface area (Å²) in [6, 6.07) is 0. The highest BCUT2D eigenvalue weighted by Gasteiger charge is 2.40. The van der Waals surface area contributed by atoms with Crippen molar-refractivity contribution < 1.29 is 19.6 Å². The predicted octanol–water partition coefficient (Wildman–Crippen LogP) is 4.92. The van der Waals surface area contributed by atoms with E-state index in [0.717, 1.165) is 38.5 Å². The molecule has 4 heteroatoms. The Hall–Kier alpha value is -0.160. The first-order valence-corrected chi connectivity index (χ1v) is 7.98. The van der Waals surface area contributed by atoms with E-state index < -0.39 is 5.79 Å². The topological polar surface area (TPSA) is 36.9 Å². The average molecular weight is 288 g/mol. The Morgan fingerprint density at radius 3 is 1.50 bits per heavy atom. The summed E-state index contributed by atoms with van der Waals surface area (Å²) in [4.78, 5) is 22.7. The van der Waals surface area contributed by atoms with Crippen LogP contribution in [0.2, 0.25) is 0 Å². The van der Waals surface area contributed by atoms with E-state index in [1.54, 1.807) is 0 Å². The van der Waals surface area contributed by atoms with Gasteiger partial charge in [0.05, 0.1) is 11.2 Å². The highest BCUT2D eigenvalue weighted by Crippen LogP contribution is 2.36. The molecule has 0 aromatic heterocycles. The van der Waals surface area contributed by atoms with Crippen LogP contribution in [0.1, 0.15) is 86.5 Å². The second kappa shape index (κ2) is 7.21. The van der Waals surface area contributed by atoms with Crippen LogP contribution < -0.4 is 0 Å². The minimum absolute atomic E-state index is 0.311. The molecular formula is C16H32O4. The van der Waals surface area contributed by atoms with Gasteiger partial charge in [-0.1, -0.05) is 20.3 Å². The zero-order valence-electron chi connectivity index (χ0n) is 14.1. The molecule has 0 aromatic carbocycles. The van der Waals surface area contributed by atoms with Gasteiger partial charge >= 0.3 is 0 Å². The van der Waals surface area contributed by atoms with Gasteiger partial charge in [0.2, 0.25) is 5.79 Å². The summed E-state index contributed by atoms with van der Waals surface area (Å²) in [5.41, 5.74) is -0.623. The highest BCUT2D eigenvalue weighted by atomic mass is 17.3. The Bertz CT molecular complexity index is 258. The molecule has 0 heterocycles. The molecule has 0 aliphatic heterocycles. The molecule has 0 bridgehead atoms. The summed E-state index contributed by atoms with van der Waals surface area (Å²) in [5, 5.41) is 0. The molecule has 0 unspecified atom stereocenters. The lowest BCUT2D eigenvalue weighted by Gasteiger charge is -2.38. The van der Waals surface area contributed by atoms with Gasteiger partial charge in [-0.3, -0.25) is 0 Å². The summed E-state index contributed by atoms with van der Waals surface area (Å²) < 4.78 is 0. The lowest BCUT2D eigenvalue weighted by atomic mass is 9.94. The lowest BCUT2D eigenvalue weighted by Crippen LogP contribution is -2.43. The van der Waals surface area contributed by atoms with E-state index >= 15 is 0 Å². The van der Waals surface area contributed by atoms with Gasteiger partial charge in [0, 0.05) is 12.8 Å². The van der Waals surface area contributed by atoms with E-state index in [1.165, 1.54) is 6.42 Å². The summed E-state index contributed by atoms with van der Waals surface area (Å²) in [5.74, 6) is -0.753. The largest absolute Gasteiger partial charge is 0.234 e. The molecule has 1 aliphatic rings. The van der Waals surface area contributed by atoms with Crippen LogP contribution in [0.25, 0.3) is 0 Å². The molecule has 1 rings (SSSR count). The third-order valence-electron chi connectivity index (χ3n) is 4.16. The minimum Gasteiger partial charge on any atom is -0.228 e. The van der Waals surface area contributed by atoms with Crippen LogP contribution in [0, 0.1) is 0 Å². The first-order chi connectivity index (χ1) is 9.24. The molecule has 20 heavy (non-hydrogen) atoms. The van der Waals surface area contributed by atoms with E-state index in [2.05, 4.69) is 13.8 Å². The molecule has 1 saturated carbocycles. The molecule has 0 radical (unpaired) electrons. The van der Waals surface area contributed by atoms with Crippen molar-refractivity contribution >= 4 is 0 Å². The Balaban J connectivity index is 2.62. The van der Waals surface area contributed by atoms with Gasteiger partial charge in [0.15, 0.2) is 0 Å². The van der Waals surface area contributed by atoms with Crippen LogP contribution in [0.5, 0.6) is 0 Å². The highest BCUT2D eigenvalue weighted by molar-refractivity contribution is 4.74. The first kappa shape index (κ1) is 17.9. The molecule has 120 valence electrons. The van der Waals surface area contributed by atoms with Gasteiger partial charge < -0.3 is 0 Å². The molecule has 0 spiro atoms. The predicted molar refractivity (Wildman–Crippen MR) is 78.9 cm³/mol. The Morgan fingerprint density at radius 1 is 0.750 bits per heavy atom. The van der Waals surface area contributed by atoms with Gasteiger partial charge in [-0.25, -0.2) is 9.78 Å². The van der Waals surface area contributed by atoms with Crippen molar-refractivity contribution in [2.24, 2.45) is 0 Å². The molecule has 0 N–H and O–H groups in total. The quantitative estimate of drug-likeness (QED) is 0.361. The van der Waals surface area contributed by atoms with Gasteiger partial charge in [0.1, 0.15) is 0 Å². The summed E-state index contributed by atoms with van der Waals surface area (Å²) >= 11 is 0. The summed E-state index contributed by atoms with van der Waals surface area (Å²) in [7, 11) is 0. The summed E-state index contributed by atoms with van der Waals surface area (Å²) in [6.07, 6.45) is 6.74. The third kappa shape index (κ3) is 5.68. The molecule has 1 fully saturated rings. The maximum Gasteiger partial charge on any atom is 0.234 e. The molecule has 4 nitrogen and oxygen atoms in total. The molecule has 0 amide bonds. The smallest absolute Gasteiger partial charge is 0.228 e. The molecular weight excluding hydrogens is 256 g/mol. The Labute approximate surface area is 124 Å². The molecule has 0 atom stereocenters. The lowest BCUT2D eigenvalue weighted by molar-refractivity contribution is -0.547. The number of rotatable bonds is 8. The van der Waals surface area contributed by atoms with Crippen molar-refractivity contribution in [2.75, 3.05) is 0 Å². The van der Waals surface area contributed by atoms with Crippen molar-refractivity contribution in [1.82, 2.24) is 0 Å². The van der Waals surface area contributed by atoms with E-state index in [-0.39, 0.29) is 11.2 Å².